The molecular weight excluding hydrogens is 592 g/mol. The molecule has 0 fully saturated rings. The lowest BCUT2D eigenvalue weighted by molar-refractivity contribution is -0.672. The lowest BCUT2D eigenvalue weighted by Crippen LogP contribution is -2.41. The number of amides is 1. The van der Waals surface area contributed by atoms with Gasteiger partial charge in [0.25, 0.3) is 5.91 Å². The molecule has 2 heterocycles. The van der Waals surface area contributed by atoms with Gasteiger partial charge in [0.05, 0.1) is 18.6 Å². The standard InChI is InChI=1S/C34H26N4O6S/c1-42-27-18-14-26(15-19-27)38-31(33(41)44-36-38)30(39)22-45-34-35-29(32(40)37(34)25-10-6-3-7-11-25)20-23-12-16-28(17-13-23)43-21-24-8-4-2-5-9-24/h2-20H,21-22H2,1H3/p+1/b29-20+. The summed E-state index contributed by atoms with van der Waals surface area (Å²) in [6, 6.07) is 33.1. The second-order valence-electron chi connectivity index (χ2n) is 9.82. The number of rotatable bonds is 10. The number of H-pyrrole nitrogens is 1. The average Bonchev–Trinajstić information content (AvgIpc) is 3.62. The molecule has 45 heavy (non-hydrogen) atoms. The molecule has 1 aromatic heterocycles. The van der Waals surface area contributed by atoms with E-state index in [1.807, 2.05) is 72.8 Å². The van der Waals surface area contributed by atoms with Crippen LogP contribution in [-0.2, 0) is 11.4 Å². The highest BCUT2D eigenvalue weighted by Gasteiger charge is 2.35. The zero-order valence-electron chi connectivity index (χ0n) is 24.1. The molecule has 1 aliphatic heterocycles. The molecule has 0 spiro atoms. The van der Waals surface area contributed by atoms with E-state index in [1.54, 1.807) is 49.6 Å². The number of methoxy groups -OCH3 is 1. The number of thioether (sulfide) groups is 1. The average molecular weight is 620 g/mol. The first kappa shape index (κ1) is 29.4. The zero-order valence-corrected chi connectivity index (χ0v) is 24.9. The fourth-order valence-electron chi connectivity index (χ4n) is 4.58. The number of amidine groups is 1. The van der Waals surface area contributed by atoms with Crippen LogP contribution < -0.4 is 24.7 Å². The largest absolute Gasteiger partial charge is 0.497 e. The van der Waals surface area contributed by atoms with Crippen LogP contribution in [0.1, 0.15) is 21.6 Å². The van der Waals surface area contributed by atoms with Crippen molar-refractivity contribution in [2.75, 3.05) is 17.8 Å². The minimum absolute atomic E-state index is 0.172. The first-order valence-corrected chi connectivity index (χ1v) is 14.9. The van der Waals surface area contributed by atoms with E-state index in [9.17, 15) is 14.4 Å². The van der Waals surface area contributed by atoms with Crippen LogP contribution in [0.2, 0.25) is 0 Å². The number of carbonyl (C=O) groups excluding carboxylic acids is 2. The number of ketones is 1. The Balaban J connectivity index is 1.21. The van der Waals surface area contributed by atoms with Gasteiger partial charge in [-0.15, -0.1) is 0 Å². The van der Waals surface area contributed by atoms with E-state index in [2.05, 4.69) is 10.3 Å². The second kappa shape index (κ2) is 13.3. The third-order valence-corrected chi connectivity index (χ3v) is 7.79. The monoisotopic (exact) mass is 619 g/mol. The van der Waals surface area contributed by atoms with Crippen LogP contribution in [0.5, 0.6) is 11.5 Å². The summed E-state index contributed by atoms with van der Waals surface area (Å²) in [5, 5.41) is 2.79. The number of hydrogen-bond donors (Lipinski definition) is 1. The first-order valence-electron chi connectivity index (χ1n) is 13.9. The minimum atomic E-state index is -0.808. The van der Waals surface area contributed by atoms with Crippen molar-refractivity contribution in [3.8, 4) is 17.2 Å². The normalized spacial score (nSPS) is 13.6. The maximum Gasteiger partial charge on any atom is 0.438 e. The van der Waals surface area contributed by atoms with E-state index in [1.165, 1.54) is 9.58 Å². The number of Topliss-reactive ketones (excluding diaryl/α,β-unsaturated/α-hetero) is 1. The van der Waals surface area contributed by atoms with Gasteiger partial charge in [-0.25, -0.2) is 9.79 Å². The zero-order chi connectivity index (χ0) is 31.2. The van der Waals surface area contributed by atoms with Crippen LogP contribution in [0.25, 0.3) is 11.8 Å². The summed E-state index contributed by atoms with van der Waals surface area (Å²) in [5.41, 5.74) is 2.15. The van der Waals surface area contributed by atoms with Crippen molar-refractivity contribution >= 4 is 40.4 Å². The van der Waals surface area contributed by atoms with Crippen LogP contribution in [0.15, 0.2) is 129 Å². The first-order chi connectivity index (χ1) is 22.0. The van der Waals surface area contributed by atoms with Crippen LogP contribution >= 0.6 is 11.8 Å². The Morgan fingerprint density at radius 2 is 1.58 bits per heavy atom. The van der Waals surface area contributed by atoms with Crippen molar-refractivity contribution in [3.05, 3.63) is 142 Å². The number of aliphatic imine (C=N–C) groups is 1. The lowest BCUT2D eigenvalue weighted by Gasteiger charge is -2.17. The van der Waals surface area contributed by atoms with Crippen molar-refractivity contribution in [2.45, 2.75) is 6.61 Å². The molecule has 0 saturated heterocycles. The van der Waals surface area contributed by atoms with E-state index < -0.39 is 11.4 Å². The molecule has 1 aliphatic rings. The molecule has 5 aromatic rings. The predicted octanol–water partition coefficient (Wildman–Crippen LogP) is 5.19. The molecular formula is C34H27N4O6S+. The van der Waals surface area contributed by atoms with Crippen LogP contribution in [-0.4, -0.2) is 35.0 Å². The van der Waals surface area contributed by atoms with Gasteiger partial charge in [-0.1, -0.05) is 72.4 Å². The van der Waals surface area contributed by atoms with Crippen LogP contribution in [0, 0.1) is 0 Å². The van der Waals surface area contributed by atoms with Gasteiger partial charge in [0, 0.05) is 12.1 Å². The van der Waals surface area contributed by atoms with Crippen molar-refractivity contribution in [3.63, 3.8) is 0 Å². The third-order valence-electron chi connectivity index (χ3n) is 6.85. The van der Waals surface area contributed by atoms with E-state index in [0.717, 1.165) is 22.9 Å². The fourth-order valence-corrected chi connectivity index (χ4v) is 5.46. The van der Waals surface area contributed by atoms with E-state index >= 15 is 0 Å². The van der Waals surface area contributed by atoms with Crippen molar-refractivity contribution in [1.29, 1.82) is 0 Å². The smallest absolute Gasteiger partial charge is 0.438 e. The number of hydrogen-bond acceptors (Lipinski definition) is 8. The maximum atomic E-state index is 13.6. The van der Waals surface area contributed by atoms with Gasteiger partial charge in [0.2, 0.25) is 11.5 Å². The SMILES string of the molecule is COc1ccc(-[n+]2[nH]oc(=O)c2C(=O)CSC2=N/C(=C/c3ccc(OCc4ccccc4)cc3)C(=O)N2c2ccccc2)cc1. The Labute approximate surface area is 262 Å². The van der Waals surface area contributed by atoms with Crippen molar-refractivity contribution in [1.82, 2.24) is 5.27 Å². The molecule has 0 unspecified atom stereocenters. The Morgan fingerprint density at radius 3 is 2.27 bits per heavy atom. The highest BCUT2D eigenvalue weighted by molar-refractivity contribution is 8.14. The summed E-state index contributed by atoms with van der Waals surface area (Å²) in [6.07, 6.45) is 1.69. The number of benzene rings is 4. The van der Waals surface area contributed by atoms with Crippen molar-refractivity contribution in [2.24, 2.45) is 4.99 Å². The Bertz CT molecular complexity index is 1930. The molecule has 0 atom stereocenters. The summed E-state index contributed by atoms with van der Waals surface area (Å²) < 4.78 is 17.3. The third kappa shape index (κ3) is 6.63. The second-order valence-corrected chi connectivity index (χ2v) is 10.8. The van der Waals surface area contributed by atoms with Gasteiger partial charge >= 0.3 is 11.3 Å². The highest BCUT2D eigenvalue weighted by atomic mass is 32.2. The topological polar surface area (TPSA) is 118 Å². The summed E-state index contributed by atoms with van der Waals surface area (Å²) in [4.78, 5) is 45.5. The van der Waals surface area contributed by atoms with Crippen LogP contribution in [0.3, 0.4) is 0 Å². The predicted molar refractivity (Wildman–Crippen MR) is 171 cm³/mol. The van der Waals surface area contributed by atoms with Gasteiger partial charge in [0.15, 0.2) is 5.17 Å². The molecule has 0 bridgehead atoms. The molecule has 1 N–H and O–H groups in total. The number of aromatic amines is 1. The van der Waals surface area contributed by atoms with Crippen molar-refractivity contribution < 1.29 is 28.3 Å². The number of aromatic nitrogens is 2. The molecule has 224 valence electrons. The van der Waals surface area contributed by atoms with Gasteiger partial charge in [0.1, 0.15) is 23.8 Å². The fraction of sp³-hybridized carbons (Fsp3) is 0.0882. The minimum Gasteiger partial charge on any atom is -0.497 e. The number of nitrogens with zero attached hydrogens (tertiary/aromatic N) is 3. The van der Waals surface area contributed by atoms with Gasteiger partial charge in [-0.3, -0.25) is 19.0 Å². The van der Waals surface area contributed by atoms with Gasteiger partial charge in [-0.2, -0.15) is 0 Å². The Kier molecular flexibility index (Phi) is 8.70. The molecule has 10 nitrogen and oxygen atoms in total. The molecule has 0 aliphatic carbocycles. The van der Waals surface area contributed by atoms with Crippen LogP contribution in [0.4, 0.5) is 5.69 Å². The molecule has 1 amide bonds. The van der Waals surface area contributed by atoms with Gasteiger partial charge < -0.3 is 9.47 Å². The van der Waals surface area contributed by atoms with E-state index in [0.29, 0.717) is 34.6 Å². The number of ether oxygens (including phenoxy) is 2. The van der Waals surface area contributed by atoms with E-state index in [-0.39, 0.29) is 23.1 Å². The van der Waals surface area contributed by atoms with Gasteiger partial charge in [-0.05, 0) is 63.6 Å². The molecule has 4 aromatic carbocycles. The quantitative estimate of drug-likeness (QED) is 0.130. The Morgan fingerprint density at radius 1 is 0.911 bits per heavy atom. The lowest BCUT2D eigenvalue weighted by atomic mass is 10.2. The molecule has 0 saturated carbocycles. The number of para-hydroxylation sites is 1. The Hall–Kier alpha value is -5.68. The summed E-state index contributed by atoms with van der Waals surface area (Å²) >= 11 is 1.05. The summed E-state index contributed by atoms with van der Waals surface area (Å²) in [7, 11) is 1.54. The summed E-state index contributed by atoms with van der Waals surface area (Å²) in [5.74, 6) is 0.306. The molecule has 0 radical (unpaired) electrons. The maximum absolute atomic E-state index is 13.6. The molecule has 11 heteroatoms. The summed E-state index contributed by atoms with van der Waals surface area (Å²) in [6.45, 7) is 0.445. The number of anilines is 1. The number of nitrogens with one attached hydrogen (secondary N) is 1. The molecule has 6 rings (SSSR count). The number of carbonyl (C=O) groups is 2. The highest BCUT2D eigenvalue weighted by Crippen LogP contribution is 2.30. The van der Waals surface area contributed by atoms with E-state index in [4.69, 9.17) is 14.0 Å².